The molecule has 0 saturated carbocycles. The number of likely N-dealkylation sites (tertiary alicyclic amines) is 1. The number of carbonyl (C=O) groups is 1. The van der Waals surface area contributed by atoms with Crippen LogP contribution in [0.25, 0.3) is 0 Å². The average molecular weight is 225 g/mol. The van der Waals surface area contributed by atoms with Crippen LogP contribution in [0, 0.1) is 10.8 Å². The van der Waals surface area contributed by atoms with Crippen molar-refractivity contribution in [3.8, 4) is 0 Å². The van der Waals surface area contributed by atoms with Gasteiger partial charge in [-0.15, -0.1) is 0 Å². The van der Waals surface area contributed by atoms with Gasteiger partial charge < -0.3 is 4.90 Å². The van der Waals surface area contributed by atoms with E-state index in [-0.39, 0.29) is 0 Å². The maximum Gasteiger partial charge on any atom is 0.222 e. The van der Waals surface area contributed by atoms with E-state index in [0.717, 1.165) is 13.1 Å². The highest BCUT2D eigenvalue weighted by Crippen LogP contribution is 2.49. The zero-order chi connectivity index (χ0) is 12.4. The first-order valence-corrected chi connectivity index (χ1v) is 6.64. The molecule has 1 saturated heterocycles. The lowest BCUT2D eigenvalue weighted by molar-refractivity contribution is -0.134. The van der Waals surface area contributed by atoms with Crippen LogP contribution in [0.5, 0.6) is 0 Å². The minimum atomic E-state index is 0.318. The van der Waals surface area contributed by atoms with E-state index in [9.17, 15) is 4.79 Å². The monoisotopic (exact) mass is 225 g/mol. The van der Waals surface area contributed by atoms with Gasteiger partial charge in [-0.2, -0.15) is 0 Å². The number of hydrogen-bond acceptors (Lipinski definition) is 1. The van der Waals surface area contributed by atoms with E-state index in [1.54, 1.807) is 0 Å². The quantitative estimate of drug-likeness (QED) is 0.704. The van der Waals surface area contributed by atoms with Crippen molar-refractivity contribution in [2.45, 2.75) is 60.3 Å². The highest BCUT2D eigenvalue weighted by molar-refractivity contribution is 5.75. The Kier molecular flexibility index (Phi) is 4.03. The number of rotatable bonds is 2. The van der Waals surface area contributed by atoms with Gasteiger partial charge in [0, 0.05) is 19.5 Å². The third-order valence-corrected chi connectivity index (χ3v) is 4.64. The molecule has 0 N–H and O–H groups in total. The molecule has 0 bridgehead atoms. The largest absolute Gasteiger partial charge is 0.343 e. The maximum atomic E-state index is 11.6. The molecule has 0 unspecified atom stereocenters. The second-order valence-electron chi connectivity index (χ2n) is 6.12. The summed E-state index contributed by atoms with van der Waals surface area (Å²) in [5, 5.41) is 0. The Bertz CT molecular complexity index is 244. The van der Waals surface area contributed by atoms with Crippen LogP contribution in [0.3, 0.4) is 0 Å². The summed E-state index contributed by atoms with van der Waals surface area (Å²) in [5.74, 6) is 0.318. The third-order valence-electron chi connectivity index (χ3n) is 4.64. The zero-order valence-corrected chi connectivity index (χ0v) is 11.6. The summed E-state index contributed by atoms with van der Waals surface area (Å²) in [4.78, 5) is 13.7. The highest BCUT2D eigenvalue weighted by atomic mass is 16.2. The van der Waals surface area contributed by atoms with Gasteiger partial charge in [-0.1, -0.05) is 34.6 Å². The molecule has 1 aliphatic heterocycles. The van der Waals surface area contributed by atoms with Crippen LogP contribution in [-0.2, 0) is 4.79 Å². The first-order valence-electron chi connectivity index (χ1n) is 6.64. The molecule has 1 rings (SSSR count). The van der Waals surface area contributed by atoms with Gasteiger partial charge in [0.05, 0.1) is 0 Å². The molecule has 16 heavy (non-hydrogen) atoms. The van der Waals surface area contributed by atoms with Gasteiger partial charge in [-0.3, -0.25) is 4.79 Å². The third kappa shape index (κ3) is 2.41. The molecule has 94 valence electrons. The van der Waals surface area contributed by atoms with Crippen molar-refractivity contribution in [3.05, 3.63) is 0 Å². The molecule has 0 aromatic carbocycles. The van der Waals surface area contributed by atoms with Crippen LogP contribution < -0.4 is 0 Å². The molecule has 2 nitrogen and oxygen atoms in total. The van der Waals surface area contributed by atoms with Crippen LogP contribution in [-0.4, -0.2) is 23.9 Å². The van der Waals surface area contributed by atoms with Crippen LogP contribution in [0.4, 0.5) is 0 Å². The smallest absolute Gasteiger partial charge is 0.222 e. The van der Waals surface area contributed by atoms with Crippen LogP contribution in [0.1, 0.15) is 60.3 Å². The maximum absolute atomic E-state index is 11.6. The molecule has 0 radical (unpaired) electrons. The van der Waals surface area contributed by atoms with Gasteiger partial charge in [0.25, 0.3) is 0 Å². The molecular formula is C14H27NO. The van der Waals surface area contributed by atoms with Crippen molar-refractivity contribution >= 4 is 5.91 Å². The summed E-state index contributed by atoms with van der Waals surface area (Å²) < 4.78 is 0. The molecule has 0 spiro atoms. The van der Waals surface area contributed by atoms with Crippen molar-refractivity contribution in [1.29, 1.82) is 0 Å². The summed E-state index contributed by atoms with van der Waals surface area (Å²) in [6.45, 7) is 13.2. The normalized spacial score (nSPS) is 20.9. The van der Waals surface area contributed by atoms with Crippen molar-refractivity contribution in [2.24, 2.45) is 10.8 Å². The molecule has 0 aliphatic carbocycles. The summed E-state index contributed by atoms with van der Waals surface area (Å²) >= 11 is 0. The fourth-order valence-corrected chi connectivity index (χ4v) is 3.04. The predicted octanol–water partition coefficient (Wildman–Crippen LogP) is 3.46. The second kappa shape index (κ2) is 4.77. The van der Waals surface area contributed by atoms with Gasteiger partial charge in [0.2, 0.25) is 5.91 Å². The summed E-state index contributed by atoms with van der Waals surface area (Å²) in [7, 11) is 0. The molecule has 1 amide bonds. The van der Waals surface area contributed by atoms with Gasteiger partial charge in [0.15, 0.2) is 0 Å². The predicted molar refractivity (Wildman–Crippen MR) is 68.3 cm³/mol. The highest BCUT2D eigenvalue weighted by Gasteiger charge is 2.42. The van der Waals surface area contributed by atoms with Gasteiger partial charge >= 0.3 is 0 Å². The molecule has 0 aromatic heterocycles. The average Bonchev–Trinajstić information content (AvgIpc) is 2.26. The summed E-state index contributed by atoms with van der Waals surface area (Å²) in [6.07, 6.45) is 4.21. The van der Waals surface area contributed by atoms with E-state index in [0.29, 0.717) is 23.2 Å². The first kappa shape index (κ1) is 13.5. The van der Waals surface area contributed by atoms with Crippen LogP contribution in [0.2, 0.25) is 0 Å². The van der Waals surface area contributed by atoms with Crippen molar-refractivity contribution < 1.29 is 4.79 Å². The Balaban J connectivity index is 2.68. The lowest BCUT2D eigenvalue weighted by Crippen LogP contribution is -2.48. The van der Waals surface area contributed by atoms with Gasteiger partial charge in [-0.25, -0.2) is 0 Å². The molecule has 0 atom stereocenters. The minimum Gasteiger partial charge on any atom is -0.343 e. The second-order valence-corrected chi connectivity index (χ2v) is 6.12. The van der Waals surface area contributed by atoms with Crippen molar-refractivity contribution in [3.63, 3.8) is 0 Å². The van der Waals surface area contributed by atoms with E-state index in [4.69, 9.17) is 0 Å². The Morgan fingerprint density at radius 2 is 1.69 bits per heavy atom. The van der Waals surface area contributed by atoms with E-state index < -0.39 is 0 Å². The van der Waals surface area contributed by atoms with E-state index in [1.807, 2.05) is 11.8 Å². The standard InChI is InChI=1S/C14H27NO/c1-6-12(16)15-10-8-14(7-2,9-11-15)13(3,4)5/h6-11H2,1-5H3. The van der Waals surface area contributed by atoms with E-state index >= 15 is 0 Å². The fraction of sp³-hybridized carbons (Fsp3) is 0.929. The van der Waals surface area contributed by atoms with E-state index in [1.165, 1.54) is 19.3 Å². The lowest BCUT2D eigenvalue weighted by atomic mass is 9.60. The number of hydrogen-bond donors (Lipinski definition) is 0. The fourth-order valence-electron chi connectivity index (χ4n) is 3.04. The number of carbonyl (C=O) groups excluding carboxylic acids is 1. The van der Waals surface area contributed by atoms with Gasteiger partial charge in [0.1, 0.15) is 0 Å². The molecule has 1 aliphatic rings. The lowest BCUT2D eigenvalue weighted by Gasteiger charge is -2.50. The minimum absolute atomic E-state index is 0.318. The Morgan fingerprint density at radius 1 is 1.19 bits per heavy atom. The number of nitrogens with zero attached hydrogens (tertiary/aromatic N) is 1. The van der Waals surface area contributed by atoms with Gasteiger partial charge in [-0.05, 0) is 30.1 Å². The SMILES string of the molecule is CCC(=O)N1CCC(CC)(C(C)(C)C)CC1. The molecule has 1 heterocycles. The molecule has 0 aromatic rings. The van der Waals surface area contributed by atoms with E-state index in [2.05, 4.69) is 27.7 Å². The summed E-state index contributed by atoms with van der Waals surface area (Å²) in [5.41, 5.74) is 0.778. The Hall–Kier alpha value is -0.530. The Labute approximate surface area is 100 Å². The first-order chi connectivity index (χ1) is 7.36. The summed E-state index contributed by atoms with van der Waals surface area (Å²) in [6, 6.07) is 0. The topological polar surface area (TPSA) is 20.3 Å². The number of amides is 1. The Morgan fingerprint density at radius 3 is 2.00 bits per heavy atom. The van der Waals surface area contributed by atoms with Crippen LogP contribution >= 0.6 is 0 Å². The van der Waals surface area contributed by atoms with Crippen molar-refractivity contribution in [2.75, 3.05) is 13.1 Å². The number of piperidine rings is 1. The molecular weight excluding hydrogens is 198 g/mol. The zero-order valence-electron chi connectivity index (χ0n) is 11.6. The molecule has 1 fully saturated rings. The van der Waals surface area contributed by atoms with Crippen LogP contribution in [0.15, 0.2) is 0 Å². The molecule has 2 heteroatoms. The van der Waals surface area contributed by atoms with Crippen molar-refractivity contribution in [1.82, 2.24) is 4.90 Å².